The summed E-state index contributed by atoms with van der Waals surface area (Å²) in [5.74, 6) is 2.22. The first-order valence-corrected chi connectivity index (χ1v) is 6.93. The normalized spacial score (nSPS) is 12.7. The van der Waals surface area contributed by atoms with E-state index in [1.165, 1.54) is 0 Å². The van der Waals surface area contributed by atoms with Gasteiger partial charge in [-0.05, 0) is 31.4 Å². The van der Waals surface area contributed by atoms with E-state index in [0.717, 1.165) is 17.7 Å². The van der Waals surface area contributed by atoms with E-state index in [2.05, 4.69) is 24.0 Å². The molecule has 0 bridgehead atoms. The summed E-state index contributed by atoms with van der Waals surface area (Å²) < 4.78 is 10.8. The van der Waals surface area contributed by atoms with Crippen LogP contribution in [0.25, 0.3) is 11.4 Å². The zero-order valence-corrected chi connectivity index (χ0v) is 12.2. The summed E-state index contributed by atoms with van der Waals surface area (Å²) in [6, 6.07) is 7.41. The lowest BCUT2D eigenvalue weighted by Crippen LogP contribution is -2.13. The van der Waals surface area contributed by atoms with E-state index in [9.17, 15) is 0 Å². The SMILES string of the molecule is CCOc1ccccc1-c1noc([C@H](N)CC(C)C)n1. The van der Waals surface area contributed by atoms with Crippen LogP contribution in [0.15, 0.2) is 28.8 Å². The molecule has 0 saturated carbocycles. The average molecular weight is 275 g/mol. The van der Waals surface area contributed by atoms with Crippen LogP contribution in [0.5, 0.6) is 5.75 Å². The Bertz CT molecular complexity index is 552. The second-order valence-electron chi connectivity index (χ2n) is 5.12. The van der Waals surface area contributed by atoms with E-state index in [1.807, 2.05) is 31.2 Å². The third-order valence-corrected chi connectivity index (χ3v) is 2.91. The van der Waals surface area contributed by atoms with Gasteiger partial charge in [0.25, 0.3) is 0 Å². The minimum atomic E-state index is -0.226. The Morgan fingerprint density at radius 1 is 1.30 bits per heavy atom. The lowest BCUT2D eigenvalue weighted by Gasteiger charge is -2.08. The van der Waals surface area contributed by atoms with Crippen LogP contribution in [0.4, 0.5) is 0 Å². The van der Waals surface area contributed by atoms with Gasteiger partial charge >= 0.3 is 0 Å². The van der Waals surface area contributed by atoms with E-state index in [4.69, 9.17) is 15.0 Å². The van der Waals surface area contributed by atoms with Gasteiger partial charge in [0.05, 0.1) is 18.2 Å². The fraction of sp³-hybridized carbons (Fsp3) is 0.467. The molecule has 5 heteroatoms. The number of nitrogens with zero attached hydrogens (tertiary/aromatic N) is 2. The molecule has 0 saturated heterocycles. The van der Waals surface area contributed by atoms with Gasteiger partial charge in [-0.25, -0.2) is 0 Å². The predicted octanol–water partition coefficient (Wildman–Crippen LogP) is 3.18. The van der Waals surface area contributed by atoms with E-state index in [0.29, 0.717) is 24.2 Å². The monoisotopic (exact) mass is 275 g/mol. The number of benzene rings is 1. The van der Waals surface area contributed by atoms with Gasteiger partial charge in [0.15, 0.2) is 0 Å². The first-order chi connectivity index (χ1) is 9.61. The van der Waals surface area contributed by atoms with Crippen LogP contribution >= 0.6 is 0 Å². The number of aromatic nitrogens is 2. The molecular weight excluding hydrogens is 254 g/mol. The van der Waals surface area contributed by atoms with E-state index >= 15 is 0 Å². The van der Waals surface area contributed by atoms with Crippen molar-refractivity contribution in [1.29, 1.82) is 0 Å². The van der Waals surface area contributed by atoms with Crippen molar-refractivity contribution in [3.05, 3.63) is 30.2 Å². The number of nitrogens with two attached hydrogens (primary N) is 1. The summed E-state index contributed by atoms with van der Waals surface area (Å²) in [6.45, 7) is 6.76. The van der Waals surface area contributed by atoms with Crippen molar-refractivity contribution in [2.45, 2.75) is 33.2 Å². The molecule has 2 rings (SSSR count). The summed E-state index contributed by atoms with van der Waals surface area (Å²) >= 11 is 0. The van der Waals surface area contributed by atoms with Gasteiger partial charge in [-0.2, -0.15) is 4.98 Å². The highest BCUT2D eigenvalue weighted by atomic mass is 16.5. The maximum atomic E-state index is 6.06. The van der Waals surface area contributed by atoms with E-state index < -0.39 is 0 Å². The molecule has 1 aromatic carbocycles. The van der Waals surface area contributed by atoms with E-state index in [-0.39, 0.29) is 6.04 Å². The molecule has 108 valence electrons. The lowest BCUT2D eigenvalue weighted by atomic mass is 10.0. The lowest BCUT2D eigenvalue weighted by molar-refractivity contribution is 0.333. The minimum Gasteiger partial charge on any atom is -0.493 e. The molecule has 0 radical (unpaired) electrons. The van der Waals surface area contributed by atoms with Crippen molar-refractivity contribution in [3.63, 3.8) is 0 Å². The van der Waals surface area contributed by atoms with Crippen LogP contribution in [-0.4, -0.2) is 16.7 Å². The zero-order chi connectivity index (χ0) is 14.5. The molecule has 0 aliphatic carbocycles. The van der Waals surface area contributed by atoms with Gasteiger partial charge in [0.1, 0.15) is 5.75 Å². The Morgan fingerprint density at radius 3 is 2.75 bits per heavy atom. The van der Waals surface area contributed by atoms with Crippen molar-refractivity contribution in [2.75, 3.05) is 6.61 Å². The molecule has 1 heterocycles. The van der Waals surface area contributed by atoms with Crippen LogP contribution in [0.1, 0.15) is 39.1 Å². The highest BCUT2D eigenvalue weighted by Gasteiger charge is 2.18. The number of hydrogen-bond donors (Lipinski definition) is 1. The average Bonchev–Trinajstić information content (AvgIpc) is 2.88. The first-order valence-electron chi connectivity index (χ1n) is 6.93. The van der Waals surface area contributed by atoms with Crippen LogP contribution in [0, 0.1) is 5.92 Å². The molecule has 0 aliphatic heterocycles. The zero-order valence-electron chi connectivity index (χ0n) is 12.2. The Labute approximate surface area is 119 Å². The van der Waals surface area contributed by atoms with Crippen molar-refractivity contribution < 1.29 is 9.26 Å². The second-order valence-corrected chi connectivity index (χ2v) is 5.12. The maximum Gasteiger partial charge on any atom is 0.243 e. The number of hydrogen-bond acceptors (Lipinski definition) is 5. The van der Waals surface area contributed by atoms with Gasteiger partial charge in [-0.3, -0.25) is 0 Å². The molecular formula is C15H21N3O2. The molecule has 2 N–H and O–H groups in total. The number of para-hydroxylation sites is 1. The largest absolute Gasteiger partial charge is 0.493 e. The molecule has 0 amide bonds. The molecule has 0 spiro atoms. The molecule has 0 aliphatic rings. The third kappa shape index (κ3) is 3.36. The smallest absolute Gasteiger partial charge is 0.243 e. The van der Waals surface area contributed by atoms with Crippen molar-refractivity contribution in [2.24, 2.45) is 11.7 Å². The quantitative estimate of drug-likeness (QED) is 0.876. The molecule has 0 unspecified atom stereocenters. The minimum absolute atomic E-state index is 0.226. The summed E-state index contributed by atoms with van der Waals surface area (Å²) in [5, 5.41) is 4.01. The molecule has 1 aromatic heterocycles. The van der Waals surface area contributed by atoms with Crippen LogP contribution in [0.2, 0.25) is 0 Å². The highest BCUT2D eigenvalue weighted by molar-refractivity contribution is 5.63. The predicted molar refractivity (Wildman–Crippen MR) is 77.3 cm³/mol. The first kappa shape index (κ1) is 14.5. The standard InChI is InChI=1S/C15H21N3O2/c1-4-19-13-8-6-5-7-11(13)14-17-15(20-18-14)12(16)9-10(2)3/h5-8,10,12H,4,9,16H2,1-3H3/t12-/m1/s1. The summed E-state index contributed by atoms with van der Waals surface area (Å²) in [7, 11) is 0. The Morgan fingerprint density at radius 2 is 2.05 bits per heavy atom. The topological polar surface area (TPSA) is 74.2 Å². The van der Waals surface area contributed by atoms with Crippen LogP contribution in [0.3, 0.4) is 0 Å². The van der Waals surface area contributed by atoms with Crippen LogP contribution < -0.4 is 10.5 Å². The summed E-state index contributed by atoms with van der Waals surface area (Å²) in [4.78, 5) is 4.39. The fourth-order valence-electron chi connectivity index (χ4n) is 2.04. The number of rotatable bonds is 6. The molecule has 0 fully saturated rings. The van der Waals surface area contributed by atoms with Gasteiger partial charge in [-0.1, -0.05) is 31.1 Å². The summed E-state index contributed by atoms with van der Waals surface area (Å²) in [6.07, 6.45) is 0.814. The van der Waals surface area contributed by atoms with Gasteiger partial charge in [0.2, 0.25) is 11.7 Å². The second kappa shape index (κ2) is 6.52. The van der Waals surface area contributed by atoms with Crippen molar-refractivity contribution >= 4 is 0 Å². The Hall–Kier alpha value is -1.88. The van der Waals surface area contributed by atoms with Gasteiger partial charge in [0, 0.05) is 0 Å². The Kier molecular flexibility index (Phi) is 4.74. The highest BCUT2D eigenvalue weighted by Crippen LogP contribution is 2.28. The molecule has 1 atom stereocenters. The summed E-state index contributed by atoms with van der Waals surface area (Å²) in [5.41, 5.74) is 6.88. The molecule has 5 nitrogen and oxygen atoms in total. The molecule has 20 heavy (non-hydrogen) atoms. The molecule has 2 aromatic rings. The maximum absolute atomic E-state index is 6.06. The van der Waals surface area contributed by atoms with Crippen molar-refractivity contribution in [3.8, 4) is 17.1 Å². The third-order valence-electron chi connectivity index (χ3n) is 2.91. The van der Waals surface area contributed by atoms with E-state index in [1.54, 1.807) is 0 Å². The Balaban J connectivity index is 2.24. The van der Waals surface area contributed by atoms with Gasteiger partial charge in [-0.15, -0.1) is 0 Å². The number of ether oxygens (including phenoxy) is 1. The van der Waals surface area contributed by atoms with Crippen LogP contribution in [-0.2, 0) is 0 Å². The fourth-order valence-corrected chi connectivity index (χ4v) is 2.04. The van der Waals surface area contributed by atoms with Gasteiger partial charge < -0.3 is 15.0 Å². The van der Waals surface area contributed by atoms with Crippen molar-refractivity contribution in [1.82, 2.24) is 10.1 Å².